The van der Waals surface area contributed by atoms with Crippen molar-refractivity contribution in [1.82, 2.24) is 14.5 Å². The molecular formula is C16H16N4O. The predicted molar refractivity (Wildman–Crippen MR) is 82.2 cm³/mol. The molecule has 0 aromatic carbocycles. The van der Waals surface area contributed by atoms with Gasteiger partial charge in [-0.15, -0.1) is 0 Å². The Morgan fingerprint density at radius 2 is 2.10 bits per heavy atom. The second-order valence-corrected chi connectivity index (χ2v) is 5.24. The van der Waals surface area contributed by atoms with Crippen molar-refractivity contribution in [1.29, 1.82) is 0 Å². The normalized spacial score (nSPS) is 11.2. The molecule has 0 aliphatic heterocycles. The first kappa shape index (κ1) is 13.3. The maximum atomic E-state index is 12.7. The largest absolute Gasteiger partial charge is 0.384 e. The monoisotopic (exact) mass is 280 g/mol. The summed E-state index contributed by atoms with van der Waals surface area (Å²) in [6.07, 6.45) is 6.89. The molecule has 3 heterocycles. The zero-order valence-electron chi connectivity index (χ0n) is 11.9. The van der Waals surface area contributed by atoms with Crippen molar-refractivity contribution in [2.45, 2.75) is 19.9 Å². The van der Waals surface area contributed by atoms with E-state index in [0.29, 0.717) is 16.9 Å². The zero-order valence-corrected chi connectivity index (χ0v) is 11.9. The number of nitrogens with two attached hydrogens (primary N) is 1. The molecule has 0 unspecified atom stereocenters. The fourth-order valence-corrected chi connectivity index (χ4v) is 2.45. The second-order valence-electron chi connectivity index (χ2n) is 5.24. The molecule has 0 amide bonds. The Labute approximate surface area is 122 Å². The van der Waals surface area contributed by atoms with Crippen molar-refractivity contribution in [2.75, 3.05) is 5.73 Å². The molecule has 3 aromatic heterocycles. The highest BCUT2D eigenvalue weighted by Gasteiger charge is 2.18. The maximum absolute atomic E-state index is 12.7. The Balaban J connectivity index is 2.19. The van der Waals surface area contributed by atoms with Gasteiger partial charge in [-0.1, -0.05) is 0 Å². The number of hydrogen-bond acceptors (Lipinski definition) is 4. The third-order valence-corrected chi connectivity index (χ3v) is 3.48. The van der Waals surface area contributed by atoms with E-state index in [0.717, 1.165) is 10.9 Å². The summed E-state index contributed by atoms with van der Waals surface area (Å²) in [5.74, 6) is 0.271. The minimum absolute atomic E-state index is 0.0681. The molecule has 5 heteroatoms. The van der Waals surface area contributed by atoms with Gasteiger partial charge in [-0.3, -0.25) is 9.78 Å². The average molecular weight is 280 g/mol. The van der Waals surface area contributed by atoms with Gasteiger partial charge < -0.3 is 10.3 Å². The van der Waals surface area contributed by atoms with Crippen molar-refractivity contribution >= 4 is 22.5 Å². The van der Waals surface area contributed by atoms with Gasteiger partial charge in [-0.2, -0.15) is 0 Å². The molecule has 0 aliphatic carbocycles. The number of carbonyl (C=O) groups is 1. The molecule has 0 radical (unpaired) electrons. The highest BCUT2D eigenvalue weighted by Crippen LogP contribution is 2.26. The fourth-order valence-electron chi connectivity index (χ4n) is 2.45. The number of anilines is 1. The van der Waals surface area contributed by atoms with Gasteiger partial charge >= 0.3 is 0 Å². The predicted octanol–water partition coefficient (Wildman–Crippen LogP) is 2.83. The molecule has 0 spiro atoms. The molecule has 21 heavy (non-hydrogen) atoms. The van der Waals surface area contributed by atoms with Crippen LogP contribution in [0.3, 0.4) is 0 Å². The summed E-state index contributed by atoms with van der Waals surface area (Å²) in [6, 6.07) is 5.46. The van der Waals surface area contributed by atoms with Gasteiger partial charge in [-0.05, 0) is 32.0 Å². The minimum Gasteiger partial charge on any atom is -0.384 e. The van der Waals surface area contributed by atoms with Crippen molar-refractivity contribution in [3.63, 3.8) is 0 Å². The first-order valence-corrected chi connectivity index (χ1v) is 6.78. The van der Waals surface area contributed by atoms with E-state index in [-0.39, 0.29) is 11.8 Å². The first-order chi connectivity index (χ1) is 10.1. The molecule has 0 bridgehead atoms. The minimum atomic E-state index is -0.0681. The van der Waals surface area contributed by atoms with E-state index in [4.69, 9.17) is 5.73 Å². The van der Waals surface area contributed by atoms with Gasteiger partial charge in [-0.25, -0.2) is 4.98 Å². The standard InChI is InChI=1S/C16H16N4O/c1-10(2)20-9-13(12-8-18-5-4-14(12)20)16(21)11-3-6-19-15(17)7-11/h3-10H,1-2H3,(H2,17,19). The van der Waals surface area contributed by atoms with Gasteiger partial charge in [0.1, 0.15) is 5.82 Å². The van der Waals surface area contributed by atoms with Gasteiger partial charge in [0.25, 0.3) is 0 Å². The van der Waals surface area contributed by atoms with E-state index >= 15 is 0 Å². The van der Waals surface area contributed by atoms with Crippen LogP contribution in [0.1, 0.15) is 35.8 Å². The number of aromatic nitrogens is 3. The highest BCUT2D eigenvalue weighted by atomic mass is 16.1. The molecule has 5 nitrogen and oxygen atoms in total. The quantitative estimate of drug-likeness (QED) is 0.749. The van der Waals surface area contributed by atoms with Crippen LogP contribution >= 0.6 is 0 Å². The van der Waals surface area contributed by atoms with Crippen LogP contribution in [-0.4, -0.2) is 20.3 Å². The number of carbonyl (C=O) groups excluding carboxylic acids is 1. The molecular weight excluding hydrogens is 264 g/mol. The van der Waals surface area contributed by atoms with E-state index in [9.17, 15) is 4.79 Å². The lowest BCUT2D eigenvalue weighted by Crippen LogP contribution is -2.03. The van der Waals surface area contributed by atoms with Crippen LogP contribution in [0.2, 0.25) is 0 Å². The highest BCUT2D eigenvalue weighted by molar-refractivity contribution is 6.16. The lowest BCUT2D eigenvalue weighted by molar-refractivity contribution is 0.104. The molecule has 106 valence electrons. The van der Waals surface area contributed by atoms with Crippen molar-refractivity contribution in [3.8, 4) is 0 Å². The van der Waals surface area contributed by atoms with Crippen LogP contribution < -0.4 is 5.73 Å². The van der Waals surface area contributed by atoms with Crippen molar-refractivity contribution in [3.05, 3.63) is 54.1 Å². The Morgan fingerprint density at radius 1 is 1.29 bits per heavy atom. The van der Waals surface area contributed by atoms with Crippen LogP contribution in [-0.2, 0) is 0 Å². The van der Waals surface area contributed by atoms with E-state index < -0.39 is 0 Å². The van der Waals surface area contributed by atoms with Crippen LogP contribution in [0, 0.1) is 0 Å². The van der Waals surface area contributed by atoms with E-state index in [1.807, 2.05) is 12.3 Å². The molecule has 2 N–H and O–H groups in total. The first-order valence-electron chi connectivity index (χ1n) is 6.78. The van der Waals surface area contributed by atoms with Gasteiger partial charge in [0.05, 0.1) is 5.52 Å². The molecule has 0 saturated heterocycles. The fraction of sp³-hybridized carbons (Fsp3) is 0.188. The molecule has 3 aromatic rings. The summed E-state index contributed by atoms with van der Waals surface area (Å²) in [4.78, 5) is 20.8. The third-order valence-electron chi connectivity index (χ3n) is 3.48. The van der Waals surface area contributed by atoms with Gasteiger partial charge in [0, 0.05) is 47.3 Å². The van der Waals surface area contributed by atoms with E-state index in [1.165, 1.54) is 0 Å². The molecule has 3 rings (SSSR count). The van der Waals surface area contributed by atoms with Crippen molar-refractivity contribution in [2.24, 2.45) is 0 Å². The Hall–Kier alpha value is -2.69. The van der Waals surface area contributed by atoms with E-state index in [1.54, 1.807) is 30.7 Å². The molecule has 0 saturated carbocycles. The number of hydrogen-bond donors (Lipinski definition) is 1. The number of rotatable bonds is 3. The second kappa shape index (κ2) is 5.01. The maximum Gasteiger partial charge on any atom is 0.195 e. The summed E-state index contributed by atoms with van der Waals surface area (Å²) in [5, 5.41) is 0.853. The number of pyridine rings is 2. The third kappa shape index (κ3) is 2.27. The summed E-state index contributed by atoms with van der Waals surface area (Å²) in [5.41, 5.74) is 7.84. The summed E-state index contributed by atoms with van der Waals surface area (Å²) in [6.45, 7) is 4.16. The Morgan fingerprint density at radius 3 is 2.81 bits per heavy atom. The number of nitrogens with zero attached hydrogens (tertiary/aromatic N) is 3. The van der Waals surface area contributed by atoms with Crippen LogP contribution in [0.4, 0.5) is 5.82 Å². The number of nitrogen functional groups attached to an aromatic ring is 1. The van der Waals surface area contributed by atoms with Gasteiger partial charge in [0.15, 0.2) is 5.78 Å². The SMILES string of the molecule is CC(C)n1cc(C(=O)c2ccnc(N)c2)c2cnccc21. The lowest BCUT2D eigenvalue weighted by Gasteiger charge is -2.08. The average Bonchev–Trinajstić information content (AvgIpc) is 2.86. The van der Waals surface area contributed by atoms with Crippen molar-refractivity contribution < 1.29 is 4.79 Å². The lowest BCUT2D eigenvalue weighted by atomic mass is 10.0. The van der Waals surface area contributed by atoms with Crippen LogP contribution in [0.15, 0.2) is 43.0 Å². The molecule has 0 aliphatic rings. The molecule has 0 fully saturated rings. The smallest absolute Gasteiger partial charge is 0.195 e. The Bertz CT molecular complexity index is 820. The molecule has 0 atom stereocenters. The zero-order chi connectivity index (χ0) is 15.0. The summed E-state index contributed by atoms with van der Waals surface area (Å²) in [7, 11) is 0. The number of fused-ring (bicyclic) bond motifs is 1. The summed E-state index contributed by atoms with van der Waals surface area (Å²) < 4.78 is 2.08. The summed E-state index contributed by atoms with van der Waals surface area (Å²) >= 11 is 0. The topological polar surface area (TPSA) is 73.8 Å². The number of ketones is 1. The van der Waals surface area contributed by atoms with Gasteiger partial charge in [0.2, 0.25) is 0 Å². The van der Waals surface area contributed by atoms with Crippen LogP contribution in [0.25, 0.3) is 10.9 Å². The van der Waals surface area contributed by atoms with E-state index in [2.05, 4.69) is 28.4 Å². The Kier molecular flexibility index (Phi) is 3.17. The van der Waals surface area contributed by atoms with Crippen LogP contribution in [0.5, 0.6) is 0 Å².